The molecule has 1 atom stereocenters. The predicted octanol–water partition coefficient (Wildman–Crippen LogP) is 2.72. The molecule has 0 aliphatic heterocycles. The Labute approximate surface area is 120 Å². The van der Waals surface area contributed by atoms with E-state index < -0.39 is 0 Å². The molecule has 0 aliphatic rings. The van der Waals surface area contributed by atoms with Gasteiger partial charge in [0.1, 0.15) is 0 Å². The van der Waals surface area contributed by atoms with Crippen molar-refractivity contribution >= 4 is 5.97 Å². The molecule has 4 heteroatoms. The maximum absolute atomic E-state index is 11.4. The number of carbonyl (C=O) groups excluding carboxylic acids is 1. The first kappa shape index (κ1) is 15.9. The van der Waals surface area contributed by atoms with Gasteiger partial charge >= 0.3 is 5.97 Å². The molecule has 0 spiro atoms. The molecule has 0 bridgehead atoms. The molecule has 1 aromatic rings. The fourth-order valence-electron chi connectivity index (χ4n) is 1.83. The van der Waals surface area contributed by atoms with Gasteiger partial charge in [0.05, 0.1) is 18.7 Å². The summed E-state index contributed by atoms with van der Waals surface area (Å²) in [5.41, 5.74) is 2.43. The first-order chi connectivity index (χ1) is 9.62. The summed E-state index contributed by atoms with van der Waals surface area (Å²) in [6.07, 6.45) is 2.51. The Kier molecular flexibility index (Phi) is 6.48. The number of rotatable bonds is 6. The Morgan fingerprint density at radius 1 is 1.45 bits per heavy atom. The molecular weight excluding hydrogens is 252 g/mol. The molecule has 0 aliphatic carbocycles. The highest BCUT2D eigenvalue weighted by molar-refractivity contribution is 5.88. The minimum absolute atomic E-state index is 0.148. The lowest BCUT2D eigenvalue weighted by molar-refractivity contribution is -0.136. The Bertz CT molecular complexity index is 512. The quantitative estimate of drug-likeness (QED) is 0.639. The molecule has 1 N–H and O–H groups in total. The maximum atomic E-state index is 11.4. The van der Waals surface area contributed by atoms with Gasteiger partial charge in [-0.15, -0.1) is 0 Å². The van der Waals surface area contributed by atoms with Crippen LogP contribution < -0.4 is 5.32 Å². The van der Waals surface area contributed by atoms with Crippen molar-refractivity contribution in [2.24, 2.45) is 0 Å². The number of benzene rings is 1. The van der Waals surface area contributed by atoms with Crippen LogP contribution in [-0.4, -0.2) is 19.6 Å². The van der Waals surface area contributed by atoms with E-state index in [0.29, 0.717) is 24.1 Å². The van der Waals surface area contributed by atoms with E-state index in [4.69, 9.17) is 10.00 Å². The highest BCUT2D eigenvalue weighted by Gasteiger charge is 2.07. The van der Waals surface area contributed by atoms with Gasteiger partial charge in [-0.2, -0.15) is 5.26 Å². The Balaban J connectivity index is 2.58. The van der Waals surface area contributed by atoms with E-state index in [-0.39, 0.29) is 12.0 Å². The molecule has 0 radical (unpaired) electrons. The van der Waals surface area contributed by atoms with E-state index in [0.717, 1.165) is 5.56 Å². The summed E-state index contributed by atoms with van der Waals surface area (Å²) >= 11 is 0. The van der Waals surface area contributed by atoms with E-state index in [9.17, 15) is 4.79 Å². The van der Waals surface area contributed by atoms with Gasteiger partial charge in [0.15, 0.2) is 0 Å². The van der Waals surface area contributed by atoms with Gasteiger partial charge in [-0.3, -0.25) is 0 Å². The number of methoxy groups -OCH3 is 1. The molecule has 20 heavy (non-hydrogen) atoms. The molecule has 0 heterocycles. The number of esters is 1. The van der Waals surface area contributed by atoms with Crippen LogP contribution in [0.4, 0.5) is 0 Å². The number of hydrogen-bond acceptors (Lipinski definition) is 4. The molecule has 1 rings (SSSR count). The SMILES string of the molecule is CC/C(=C/CNC(C)c1ccc(C#N)cc1)C(=O)OC. The van der Waals surface area contributed by atoms with E-state index in [2.05, 4.69) is 11.4 Å². The second-order valence-corrected chi connectivity index (χ2v) is 4.44. The molecule has 106 valence electrons. The molecule has 0 saturated carbocycles. The van der Waals surface area contributed by atoms with Crippen molar-refractivity contribution in [3.05, 3.63) is 47.0 Å². The molecule has 0 saturated heterocycles. The average molecular weight is 272 g/mol. The Hall–Kier alpha value is -2.12. The molecule has 1 unspecified atom stereocenters. The van der Waals surface area contributed by atoms with Gasteiger partial charge in [0, 0.05) is 18.2 Å². The lowest BCUT2D eigenvalue weighted by Gasteiger charge is -2.13. The van der Waals surface area contributed by atoms with Crippen molar-refractivity contribution in [1.82, 2.24) is 5.32 Å². The summed E-state index contributed by atoms with van der Waals surface area (Å²) in [6, 6.07) is 9.71. The summed E-state index contributed by atoms with van der Waals surface area (Å²) in [4.78, 5) is 11.4. The van der Waals surface area contributed by atoms with Gasteiger partial charge in [-0.25, -0.2) is 4.79 Å². The molecule has 1 aromatic carbocycles. The number of nitriles is 1. The van der Waals surface area contributed by atoms with Crippen molar-refractivity contribution in [3.8, 4) is 6.07 Å². The fourth-order valence-corrected chi connectivity index (χ4v) is 1.83. The number of nitrogens with one attached hydrogen (secondary N) is 1. The van der Waals surface area contributed by atoms with Crippen LogP contribution in [-0.2, 0) is 9.53 Å². The van der Waals surface area contributed by atoms with E-state index in [1.165, 1.54) is 7.11 Å². The molecule has 0 aromatic heterocycles. The minimum Gasteiger partial charge on any atom is -0.466 e. The number of nitrogens with zero attached hydrogens (tertiary/aromatic N) is 1. The lowest BCUT2D eigenvalue weighted by Crippen LogP contribution is -2.19. The van der Waals surface area contributed by atoms with Gasteiger partial charge in [-0.1, -0.05) is 25.1 Å². The number of ether oxygens (including phenoxy) is 1. The van der Waals surface area contributed by atoms with Gasteiger partial charge in [0.25, 0.3) is 0 Å². The van der Waals surface area contributed by atoms with Crippen LogP contribution in [0.3, 0.4) is 0 Å². The first-order valence-electron chi connectivity index (χ1n) is 6.63. The minimum atomic E-state index is -0.277. The Morgan fingerprint density at radius 3 is 2.60 bits per heavy atom. The fraction of sp³-hybridized carbons (Fsp3) is 0.375. The summed E-state index contributed by atoms with van der Waals surface area (Å²) in [5.74, 6) is -0.277. The second kappa shape index (κ2) is 8.13. The maximum Gasteiger partial charge on any atom is 0.333 e. The summed E-state index contributed by atoms with van der Waals surface area (Å²) in [5, 5.41) is 12.1. The third kappa shape index (κ3) is 4.52. The highest BCUT2D eigenvalue weighted by Crippen LogP contribution is 2.13. The standard InChI is InChI=1S/C16H20N2O2/c1-4-14(16(19)20-3)9-10-18-12(2)15-7-5-13(11-17)6-8-15/h5-9,12,18H,4,10H2,1-3H3/b14-9-. The third-order valence-corrected chi connectivity index (χ3v) is 3.14. The van der Waals surface area contributed by atoms with Crippen LogP contribution in [0, 0.1) is 11.3 Å². The normalized spacial score (nSPS) is 12.6. The van der Waals surface area contributed by atoms with Crippen molar-refractivity contribution in [3.63, 3.8) is 0 Å². The highest BCUT2D eigenvalue weighted by atomic mass is 16.5. The zero-order valence-electron chi connectivity index (χ0n) is 12.1. The van der Waals surface area contributed by atoms with Crippen LogP contribution in [0.5, 0.6) is 0 Å². The lowest BCUT2D eigenvalue weighted by atomic mass is 10.1. The van der Waals surface area contributed by atoms with Crippen LogP contribution in [0.2, 0.25) is 0 Å². The summed E-state index contributed by atoms with van der Waals surface area (Å²) in [7, 11) is 1.39. The first-order valence-corrected chi connectivity index (χ1v) is 6.63. The monoisotopic (exact) mass is 272 g/mol. The second-order valence-electron chi connectivity index (χ2n) is 4.44. The van der Waals surface area contributed by atoms with Crippen LogP contribution in [0.15, 0.2) is 35.9 Å². The van der Waals surface area contributed by atoms with Gasteiger partial charge in [-0.05, 0) is 31.0 Å². The van der Waals surface area contributed by atoms with Crippen LogP contribution >= 0.6 is 0 Å². The van der Waals surface area contributed by atoms with E-state index in [1.54, 1.807) is 12.1 Å². The largest absolute Gasteiger partial charge is 0.466 e. The van der Waals surface area contributed by atoms with Crippen LogP contribution in [0.1, 0.15) is 37.4 Å². The summed E-state index contributed by atoms with van der Waals surface area (Å²) in [6.45, 7) is 4.56. The zero-order valence-corrected chi connectivity index (χ0v) is 12.1. The van der Waals surface area contributed by atoms with E-state index in [1.807, 2.05) is 32.1 Å². The predicted molar refractivity (Wildman–Crippen MR) is 78.0 cm³/mol. The number of carbonyl (C=O) groups is 1. The average Bonchev–Trinajstić information content (AvgIpc) is 2.50. The molecule has 0 fully saturated rings. The van der Waals surface area contributed by atoms with Crippen molar-refractivity contribution in [2.45, 2.75) is 26.3 Å². The third-order valence-electron chi connectivity index (χ3n) is 3.14. The van der Waals surface area contributed by atoms with Crippen molar-refractivity contribution < 1.29 is 9.53 Å². The molecular formula is C16H20N2O2. The molecule has 0 amide bonds. The Morgan fingerprint density at radius 2 is 2.10 bits per heavy atom. The smallest absolute Gasteiger partial charge is 0.333 e. The van der Waals surface area contributed by atoms with Gasteiger partial charge in [0.2, 0.25) is 0 Å². The van der Waals surface area contributed by atoms with Crippen molar-refractivity contribution in [1.29, 1.82) is 5.26 Å². The number of hydrogen-bond donors (Lipinski definition) is 1. The van der Waals surface area contributed by atoms with Crippen LogP contribution in [0.25, 0.3) is 0 Å². The summed E-state index contributed by atoms with van der Waals surface area (Å²) < 4.78 is 4.71. The molecule has 4 nitrogen and oxygen atoms in total. The topological polar surface area (TPSA) is 62.1 Å². The van der Waals surface area contributed by atoms with E-state index >= 15 is 0 Å². The van der Waals surface area contributed by atoms with Crippen molar-refractivity contribution in [2.75, 3.05) is 13.7 Å². The zero-order chi connectivity index (χ0) is 15.0. The van der Waals surface area contributed by atoms with Gasteiger partial charge < -0.3 is 10.1 Å².